The predicted molar refractivity (Wildman–Crippen MR) is 80.2 cm³/mol. The highest BCUT2D eigenvalue weighted by Crippen LogP contribution is 2.34. The number of allylic oxidation sites excluding steroid dienone is 4. The minimum atomic E-state index is -0.408. The summed E-state index contributed by atoms with van der Waals surface area (Å²) < 4.78 is 9.89. The summed E-state index contributed by atoms with van der Waals surface area (Å²) in [4.78, 5) is 27.9. The number of amides is 2. The first-order chi connectivity index (χ1) is 10.7. The molecule has 2 amide bonds. The molecule has 0 aromatic heterocycles. The number of fused-ring (bicyclic) bond motifs is 6. The summed E-state index contributed by atoms with van der Waals surface area (Å²) in [5, 5.41) is 0. The molecule has 3 aliphatic rings. The number of nitrogens with zero attached hydrogens (tertiary/aromatic N) is 2. The van der Waals surface area contributed by atoms with Crippen LogP contribution in [0.1, 0.15) is 0 Å². The molecule has 4 bridgehead atoms. The van der Waals surface area contributed by atoms with Crippen LogP contribution in [-0.4, -0.2) is 60.4 Å². The maximum atomic E-state index is 12.3. The highest BCUT2D eigenvalue weighted by molar-refractivity contribution is 5.74. The Morgan fingerprint density at radius 2 is 0.955 bits per heavy atom. The fourth-order valence-corrected chi connectivity index (χ4v) is 3.29. The van der Waals surface area contributed by atoms with E-state index >= 15 is 0 Å². The maximum absolute atomic E-state index is 12.3. The Morgan fingerprint density at radius 1 is 0.682 bits per heavy atom. The van der Waals surface area contributed by atoms with Gasteiger partial charge in [0.15, 0.2) is 0 Å². The Kier molecular flexibility index (Phi) is 3.75. The van der Waals surface area contributed by atoms with Crippen molar-refractivity contribution in [3.8, 4) is 0 Å². The molecule has 3 aliphatic heterocycles. The minimum absolute atomic E-state index is 0.307. The van der Waals surface area contributed by atoms with Gasteiger partial charge in [-0.25, -0.2) is 9.59 Å². The number of methoxy groups -OCH3 is 2. The zero-order valence-electron chi connectivity index (χ0n) is 12.5. The summed E-state index contributed by atoms with van der Waals surface area (Å²) in [6, 6.07) is -1.23. The lowest BCUT2D eigenvalue weighted by Gasteiger charge is -2.50. The van der Waals surface area contributed by atoms with Gasteiger partial charge in [0.05, 0.1) is 38.4 Å². The second-order valence-corrected chi connectivity index (χ2v) is 5.26. The van der Waals surface area contributed by atoms with E-state index in [2.05, 4.69) is 0 Å². The molecule has 0 spiro atoms. The van der Waals surface area contributed by atoms with Gasteiger partial charge in [0.1, 0.15) is 0 Å². The van der Waals surface area contributed by atoms with Gasteiger partial charge in [-0.05, 0) is 0 Å². The van der Waals surface area contributed by atoms with Crippen LogP contribution in [0, 0.1) is 0 Å². The summed E-state index contributed by atoms with van der Waals surface area (Å²) in [5.74, 6) is 0. The minimum Gasteiger partial charge on any atom is -0.453 e. The van der Waals surface area contributed by atoms with E-state index in [-0.39, 0.29) is 24.2 Å². The van der Waals surface area contributed by atoms with Crippen LogP contribution in [0.4, 0.5) is 9.59 Å². The lowest BCUT2D eigenvalue weighted by molar-refractivity contribution is 0.00689. The monoisotopic (exact) mass is 302 g/mol. The lowest BCUT2D eigenvalue weighted by atomic mass is 9.93. The van der Waals surface area contributed by atoms with Crippen molar-refractivity contribution in [2.45, 2.75) is 24.2 Å². The molecule has 116 valence electrons. The molecule has 4 atom stereocenters. The van der Waals surface area contributed by atoms with Crippen LogP contribution in [-0.2, 0) is 9.47 Å². The third-order valence-electron chi connectivity index (χ3n) is 4.21. The molecule has 1 fully saturated rings. The first-order valence-corrected chi connectivity index (χ1v) is 7.11. The van der Waals surface area contributed by atoms with Crippen LogP contribution >= 0.6 is 0 Å². The fraction of sp³-hybridized carbons (Fsp3) is 0.375. The predicted octanol–water partition coefficient (Wildman–Crippen LogP) is 1.86. The van der Waals surface area contributed by atoms with Crippen molar-refractivity contribution in [3.05, 3.63) is 48.6 Å². The molecule has 0 N–H and O–H groups in total. The van der Waals surface area contributed by atoms with Crippen molar-refractivity contribution in [1.82, 2.24) is 9.80 Å². The molecule has 0 unspecified atom stereocenters. The number of hydrogen-bond donors (Lipinski definition) is 0. The zero-order chi connectivity index (χ0) is 15.7. The van der Waals surface area contributed by atoms with E-state index in [1.54, 1.807) is 9.80 Å². The summed E-state index contributed by atoms with van der Waals surface area (Å²) in [6.45, 7) is 0. The Hall–Kier alpha value is -2.50. The maximum Gasteiger partial charge on any atom is 0.410 e. The van der Waals surface area contributed by atoms with Gasteiger partial charge in [-0.15, -0.1) is 0 Å². The van der Waals surface area contributed by atoms with Crippen molar-refractivity contribution in [3.63, 3.8) is 0 Å². The first-order valence-electron chi connectivity index (χ1n) is 7.11. The summed E-state index contributed by atoms with van der Waals surface area (Å²) in [7, 11) is 2.73. The normalized spacial score (nSPS) is 31.5. The van der Waals surface area contributed by atoms with Crippen LogP contribution < -0.4 is 0 Å². The number of piperazine rings is 1. The Morgan fingerprint density at radius 3 is 1.18 bits per heavy atom. The molecule has 0 radical (unpaired) electrons. The fourth-order valence-electron chi connectivity index (χ4n) is 3.29. The second kappa shape index (κ2) is 5.71. The number of hydrogen-bond acceptors (Lipinski definition) is 4. The van der Waals surface area contributed by atoms with Crippen molar-refractivity contribution in [1.29, 1.82) is 0 Å². The van der Waals surface area contributed by atoms with E-state index in [0.717, 1.165) is 0 Å². The van der Waals surface area contributed by atoms with Crippen LogP contribution in [0.3, 0.4) is 0 Å². The lowest BCUT2D eigenvalue weighted by Crippen LogP contribution is -2.68. The van der Waals surface area contributed by atoms with Gasteiger partial charge in [0.2, 0.25) is 0 Å². The number of rotatable bonds is 0. The van der Waals surface area contributed by atoms with E-state index in [9.17, 15) is 9.59 Å². The third kappa shape index (κ3) is 2.11. The average Bonchev–Trinajstić information content (AvgIpc) is 2.82. The summed E-state index contributed by atoms with van der Waals surface area (Å²) in [6.07, 6.45) is 14.4. The highest BCUT2D eigenvalue weighted by atomic mass is 16.5. The molecule has 0 aromatic carbocycles. The van der Waals surface area contributed by atoms with Gasteiger partial charge in [0.25, 0.3) is 0 Å². The van der Waals surface area contributed by atoms with E-state index in [1.165, 1.54) is 14.2 Å². The van der Waals surface area contributed by atoms with E-state index in [0.29, 0.717) is 0 Å². The average molecular weight is 302 g/mol. The Bertz CT molecular complexity index is 505. The van der Waals surface area contributed by atoms with Gasteiger partial charge >= 0.3 is 12.2 Å². The molecule has 3 rings (SSSR count). The van der Waals surface area contributed by atoms with Crippen LogP contribution in [0.2, 0.25) is 0 Å². The number of carbonyl (C=O) groups excluding carboxylic acids is 2. The van der Waals surface area contributed by atoms with Gasteiger partial charge < -0.3 is 9.47 Å². The Labute approximate surface area is 129 Å². The van der Waals surface area contributed by atoms with Gasteiger partial charge in [-0.2, -0.15) is 0 Å². The van der Waals surface area contributed by atoms with Crippen molar-refractivity contribution >= 4 is 12.2 Å². The number of carbonyl (C=O) groups is 2. The molecule has 0 aliphatic carbocycles. The van der Waals surface area contributed by atoms with Crippen LogP contribution in [0.5, 0.6) is 0 Å². The van der Waals surface area contributed by atoms with E-state index in [1.807, 2.05) is 48.6 Å². The standard InChI is InChI=1S/C16H18N2O4/c1-21-15(19)17-11-7-3-4-8-12(17)14-10-6-5-9-13(11)18(14)16(20)22-2/h3-14H,1-2H3/t11-,12-,13-,14+/m0/s1. The molecule has 3 heterocycles. The summed E-state index contributed by atoms with van der Waals surface area (Å²) >= 11 is 0. The van der Waals surface area contributed by atoms with Crippen molar-refractivity contribution in [2.24, 2.45) is 0 Å². The van der Waals surface area contributed by atoms with Gasteiger partial charge in [0, 0.05) is 0 Å². The van der Waals surface area contributed by atoms with E-state index < -0.39 is 12.2 Å². The smallest absolute Gasteiger partial charge is 0.410 e. The van der Waals surface area contributed by atoms with Gasteiger partial charge in [-0.1, -0.05) is 48.6 Å². The topological polar surface area (TPSA) is 59.1 Å². The molecule has 6 nitrogen and oxygen atoms in total. The summed E-state index contributed by atoms with van der Waals surface area (Å²) in [5.41, 5.74) is 0. The van der Waals surface area contributed by atoms with E-state index in [4.69, 9.17) is 9.47 Å². The first kappa shape index (κ1) is 14.4. The largest absolute Gasteiger partial charge is 0.453 e. The third-order valence-corrected chi connectivity index (χ3v) is 4.21. The van der Waals surface area contributed by atoms with Crippen LogP contribution in [0.25, 0.3) is 0 Å². The van der Waals surface area contributed by atoms with Crippen molar-refractivity contribution < 1.29 is 19.1 Å². The molecule has 0 saturated carbocycles. The molecular weight excluding hydrogens is 284 g/mol. The van der Waals surface area contributed by atoms with Crippen molar-refractivity contribution in [2.75, 3.05) is 14.2 Å². The molecule has 6 heteroatoms. The molecule has 1 saturated heterocycles. The Balaban J connectivity index is 2.12. The highest BCUT2D eigenvalue weighted by Gasteiger charge is 2.49. The molecule has 22 heavy (non-hydrogen) atoms. The number of ether oxygens (including phenoxy) is 2. The SMILES string of the molecule is COC(=O)N1[C@@H]2C=CC=C[C@H]1[C@@H]1C=CC=C[C@@H]2N1C(=O)OC. The van der Waals surface area contributed by atoms with Crippen LogP contribution in [0.15, 0.2) is 48.6 Å². The molecule has 0 aromatic rings. The molecular formula is C16H18N2O4. The zero-order valence-corrected chi connectivity index (χ0v) is 12.5. The second-order valence-electron chi connectivity index (χ2n) is 5.26. The van der Waals surface area contributed by atoms with Gasteiger partial charge in [-0.3, -0.25) is 9.80 Å². The quantitative estimate of drug-likeness (QED) is 0.685.